The molecule has 3 rings (SSSR count). The quantitative estimate of drug-likeness (QED) is 0.351. The summed E-state index contributed by atoms with van der Waals surface area (Å²) in [6.07, 6.45) is 2.33. The topological polar surface area (TPSA) is 65.5 Å². The Labute approximate surface area is 146 Å². The van der Waals surface area contributed by atoms with Crippen LogP contribution in [-0.4, -0.2) is 22.7 Å². The first-order valence-electron chi connectivity index (χ1n) is 8.45. The van der Waals surface area contributed by atoms with Crippen LogP contribution in [0.3, 0.4) is 0 Å². The van der Waals surface area contributed by atoms with Gasteiger partial charge in [-0.15, -0.1) is 0 Å². The molecule has 1 saturated carbocycles. The van der Waals surface area contributed by atoms with Crippen LogP contribution in [0, 0.1) is 23.5 Å². The third-order valence-electron chi connectivity index (χ3n) is 4.92. The highest BCUT2D eigenvalue weighted by atomic mass is 19.2. The molecule has 0 radical (unpaired) electrons. The number of nitrogens with zero attached hydrogens (tertiary/aromatic N) is 1. The van der Waals surface area contributed by atoms with E-state index in [2.05, 4.69) is 4.98 Å². The smallest absolute Gasteiger partial charge is 0.331 e. The lowest BCUT2D eigenvalue weighted by molar-refractivity contribution is -0.264. The van der Waals surface area contributed by atoms with Crippen molar-refractivity contribution in [2.45, 2.75) is 63.1 Å². The molecule has 5 nitrogen and oxygen atoms in total. The Hall–Kier alpha value is -2.19. The summed E-state index contributed by atoms with van der Waals surface area (Å²) in [5, 5.41) is 0. The number of hydrogen-bond donors (Lipinski definition) is 0. The van der Waals surface area contributed by atoms with Crippen LogP contribution in [0.5, 0.6) is 0 Å². The number of halogens is 4. The zero-order valence-corrected chi connectivity index (χ0v) is 14.0. The van der Waals surface area contributed by atoms with Crippen molar-refractivity contribution in [1.29, 1.82) is 0 Å². The van der Waals surface area contributed by atoms with Crippen molar-refractivity contribution in [2.24, 2.45) is 0 Å². The summed E-state index contributed by atoms with van der Waals surface area (Å²) in [6.45, 7) is 1.54. The Morgan fingerprint density at radius 3 is 1.88 bits per heavy atom. The van der Waals surface area contributed by atoms with Crippen LogP contribution < -0.4 is 0 Å². The molecule has 1 aromatic heterocycles. The van der Waals surface area contributed by atoms with E-state index in [0.29, 0.717) is 12.8 Å². The van der Waals surface area contributed by atoms with Crippen LogP contribution in [0.15, 0.2) is 0 Å². The first kappa shape index (κ1) is 18.6. The first-order valence-corrected chi connectivity index (χ1v) is 8.45. The molecule has 0 N–H and O–H groups in total. The van der Waals surface area contributed by atoms with E-state index < -0.39 is 58.7 Å². The monoisotopic (exact) mass is 375 g/mol. The SMILES string of the molecule is CCCC1(c2c(F)c(F)nc(F)c2F)C(=O)OC2(CCCCC2)OC1=O. The molecule has 0 atom stereocenters. The minimum Gasteiger partial charge on any atom is -0.421 e. The second-order valence-electron chi connectivity index (χ2n) is 6.60. The van der Waals surface area contributed by atoms with Crippen molar-refractivity contribution in [1.82, 2.24) is 4.98 Å². The number of carbonyl (C=O) groups excluding carboxylic acids is 2. The van der Waals surface area contributed by atoms with E-state index in [4.69, 9.17) is 9.47 Å². The highest BCUT2D eigenvalue weighted by Crippen LogP contribution is 2.46. The molecule has 142 valence electrons. The minimum atomic E-state index is -2.61. The first-order chi connectivity index (χ1) is 12.3. The van der Waals surface area contributed by atoms with Gasteiger partial charge in [0.25, 0.3) is 17.7 Å². The standard InChI is InChI=1S/C17H17F4NO4/c1-2-6-17(9-10(18)12(20)22-13(21)11(9)19)14(23)25-16(26-15(17)24)7-4-3-5-8-16/h2-8H2,1H3. The van der Waals surface area contributed by atoms with E-state index in [1.54, 1.807) is 0 Å². The van der Waals surface area contributed by atoms with Gasteiger partial charge in [0.05, 0.1) is 5.56 Å². The summed E-state index contributed by atoms with van der Waals surface area (Å²) in [6, 6.07) is 0. The lowest BCUT2D eigenvalue weighted by Gasteiger charge is -2.45. The Morgan fingerprint density at radius 1 is 0.923 bits per heavy atom. The number of rotatable bonds is 3. The van der Waals surface area contributed by atoms with Gasteiger partial charge in [0, 0.05) is 12.8 Å². The molecule has 0 unspecified atom stereocenters. The lowest BCUT2D eigenvalue weighted by Crippen LogP contribution is -2.59. The molecular formula is C17H17F4NO4. The van der Waals surface area contributed by atoms with Crippen molar-refractivity contribution in [2.75, 3.05) is 0 Å². The van der Waals surface area contributed by atoms with Gasteiger partial charge in [0.15, 0.2) is 17.0 Å². The normalized spacial score (nSPS) is 21.4. The summed E-state index contributed by atoms with van der Waals surface area (Å²) in [5.74, 6) is -11.7. The van der Waals surface area contributed by atoms with E-state index in [1.807, 2.05) is 0 Å². The Bertz CT molecular complexity index is 715. The number of aromatic nitrogens is 1. The summed E-state index contributed by atoms with van der Waals surface area (Å²) in [4.78, 5) is 28.1. The molecule has 0 aromatic carbocycles. The van der Waals surface area contributed by atoms with Crippen LogP contribution in [0.1, 0.15) is 57.4 Å². The van der Waals surface area contributed by atoms with Gasteiger partial charge in [-0.2, -0.15) is 13.8 Å². The second-order valence-corrected chi connectivity index (χ2v) is 6.60. The number of pyridine rings is 1. The summed E-state index contributed by atoms with van der Waals surface area (Å²) >= 11 is 0. The van der Waals surface area contributed by atoms with E-state index in [1.165, 1.54) is 6.92 Å². The molecule has 2 heterocycles. The fourth-order valence-corrected chi connectivity index (χ4v) is 3.68. The van der Waals surface area contributed by atoms with Crippen molar-refractivity contribution in [3.05, 3.63) is 29.1 Å². The van der Waals surface area contributed by atoms with Crippen molar-refractivity contribution in [3.8, 4) is 0 Å². The summed E-state index contributed by atoms with van der Waals surface area (Å²) in [5.41, 5.74) is -3.97. The zero-order chi connectivity index (χ0) is 19.1. The largest absolute Gasteiger partial charge is 0.421 e. The fraction of sp³-hybridized carbons (Fsp3) is 0.588. The molecule has 2 aliphatic rings. The van der Waals surface area contributed by atoms with Gasteiger partial charge in [0.1, 0.15) is 0 Å². The van der Waals surface area contributed by atoms with Crippen LogP contribution in [0.2, 0.25) is 0 Å². The molecule has 0 amide bonds. The van der Waals surface area contributed by atoms with E-state index in [0.717, 1.165) is 6.42 Å². The molecule has 1 aliphatic heterocycles. The molecule has 1 spiro atoms. The number of esters is 2. The minimum absolute atomic E-state index is 0.0989. The second kappa shape index (κ2) is 6.51. The van der Waals surface area contributed by atoms with Crippen molar-refractivity contribution in [3.63, 3.8) is 0 Å². The average molecular weight is 375 g/mol. The van der Waals surface area contributed by atoms with Crippen LogP contribution in [-0.2, 0) is 24.5 Å². The van der Waals surface area contributed by atoms with Crippen molar-refractivity contribution < 1.29 is 36.6 Å². The van der Waals surface area contributed by atoms with Crippen LogP contribution in [0.25, 0.3) is 0 Å². The predicted molar refractivity (Wildman–Crippen MR) is 78.7 cm³/mol. The maximum Gasteiger partial charge on any atom is 0.331 e. The molecule has 9 heteroatoms. The average Bonchev–Trinajstić information content (AvgIpc) is 2.58. The molecule has 1 aliphatic carbocycles. The highest BCUT2D eigenvalue weighted by molar-refractivity contribution is 6.08. The molecule has 1 saturated heterocycles. The molecular weight excluding hydrogens is 358 g/mol. The highest BCUT2D eigenvalue weighted by Gasteiger charge is 2.62. The van der Waals surface area contributed by atoms with Gasteiger partial charge >= 0.3 is 11.9 Å². The number of carbonyl (C=O) groups is 2. The lowest BCUT2D eigenvalue weighted by atomic mass is 9.75. The van der Waals surface area contributed by atoms with Gasteiger partial charge in [-0.3, -0.25) is 9.59 Å². The van der Waals surface area contributed by atoms with E-state index >= 15 is 0 Å². The summed E-state index contributed by atoms with van der Waals surface area (Å²) in [7, 11) is 0. The third kappa shape index (κ3) is 2.64. The Morgan fingerprint density at radius 2 is 1.42 bits per heavy atom. The third-order valence-corrected chi connectivity index (χ3v) is 4.92. The van der Waals surface area contributed by atoms with Gasteiger partial charge < -0.3 is 9.47 Å². The Kier molecular flexibility index (Phi) is 4.66. The van der Waals surface area contributed by atoms with Gasteiger partial charge in [-0.05, 0) is 19.3 Å². The number of hydrogen-bond acceptors (Lipinski definition) is 5. The molecule has 26 heavy (non-hydrogen) atoms. The van der Waals surface area contributed by atoms with Gasteiger partial charge in [-0.25, -0.2) is 8.78 Å². The zero-order valence-electron chi connectivity index (χ0n) is 14.0. The predicted octanol–water partition coefficient (Wildman–Crippen LogP) is 3.44. The van der Waals surface area contributed by atoms with E-state index in [9.17, 15) is 27.2 Å². The van der Waals surface area contributed by atoms with Crippen molar-refractivity contribution >= 4 is 11.9 Å². The maximum atomic E-state index is 14.3. The van der Waals surface area contributed by atoms with Gasteiger partial charge in [0.2, 0.25) is 0 Å². The molecule has 2 fully saturated rings. The van der Waals surface area contributed by atoms with Crippen LogP contribution in [0.4, 0.5) is 17.6 Å². The van der Waals surface area contributed by atoms with E-state index in [-0.39, 0.29) is 19.3 Å². The fourth-order valence-electron chi connectivity index (χ4n) is 3.68. The molecule has 0 bridgehead atoms. The number of ether oxygens (including phenoxy) is 2. The maximum absolute atomic E-state index is 14.3. The summed E-state index contributed by atoms with van der Waals surface area (Å²) < 4.78 is 66.4. The Balaban J connectivity index is 2.16. The van der Waals surface area contributed by atoms with Crippen LogP contribution >= 0.6 is 0 Å². The van der Waals surface area contributed by atoms with Gasteiger partial charge in [-0.1, -0.05) is 19.8 Å². The molecule has 1 aromatic rings.